The van der Waals surface area contributed by atoms with Gasteiger partial charge < -0.3 is 14.5 Å². The Morgan fingerprint density at radius 3 is 2.77 bits per heavy atom. The monoisotopic (exact) mass is 350 g/mol. The first kappa shape index (κ1) is 16.9. The lowest BCUT2D eigenvalue weighted by Crippen LogP contribution is -2.38. The highest BCUT2D eigenvalue weighted by Gasteiger charge is 2.27. The van der Waals surface area contributed by atoms with Crippen LogP contribution in [0.3, 0.4) is 0 Å². The van der Waals surface area contributed by atoms with Crippen molar-refractivity contribution in [3.8, 4) is 0 Å². The molecule has 0 saturated carbocycles. The zero-order valence-electron chi connectivity index (χ0n) is 15.7. The van der Waals surface area contributed by atoms with Crippen molar-refractivity contribution in [1.29, 1.82) is 0 Å². The minimum atomic E-state index is 0.178. The van der Waals surface area contributed by atoms with Crippen LogP contribution in [0.4, 0.5) is 0 Å². The van der Waals surface area contributed by atoms with Gasteiger partial charge in [0, 0.05) is 48.8 Å². The van der Waals surface area contributed by atoms with Gasteiger partial charge in [-0.05, 0) is 63.3 Å². The second kappa shape index (κ2) is 6.63. The number of nitrogens with zero attached hydrogens (tertiary/aromatic N) is 3. The fourth-order valence-corrected chi connectivity index (χ4v) is 4.38. The van der Waals surface area contributed by atoms with Gasteiger partial charge in [-0.25, -0.2) is 4.98 Å². The normalized spacial score (nSPS) is 15.7. The number of nitrogens with one attached hydrogen (secondary N) is 1. The van der Waals surface area contributed by atoms with Crippen LogP contribution < -0.4 is 0 Å². The molecule has 1 aliphatic heterocycles. The van der Waals surface area contributed by atoms with Crippen molar-refractivity contribution in [3.63, 3.8) is 0 Å². The SMILES string of the molecule is CCn1c(C)cc(C(=O)N2CCC(c3c[nH]c4ncccc34)CC2)c1C. The van der Waals surface area contributed by atoms with Crippen LogP contribution in [0.25, 0.3) is 11.0 Å². The molecular formula is C21H26N4O. The Morgan fingerprint density at radius 2 is 2.08 bits per heavy atom. The number of carbonyl (C=O) groups is 1. The van der Waals surface area contributed by atoms with Gasteiger partial charge in [-0.1, -0.05) is 0 Å². The zero-order valence-corrected chi connectivity index (χ0v) is 15.7. The van der Waals surface area contributed by atoms with Crippen LogP contribution in [0.1, 0.15) is 53.0 Å². The molecule has 0 spiro atoms. The summed E-state index contributed by atoms with van der Waals surface area (Å²) >= 11 is 0. The van der Waals surface area contributed by atoms with E-state index in [1.54, 1.807) is 0 Å². The highest BCUT2D eigenvalue weighted by molar-refractivity contribution is 5.95. The number of rotatable bonds is 3. The summed E-state index contributed by atoms with van der Waals surface area (Å²) in [6, 6.07) is 6.16. The van der Waals surface area contributed by atoms with Gasteiger partial charge in [-0.2, -0.15) is 0 Å². The average Bonchev–Trinajstić information content (AvgIpc) is 3.22. The quantitative estimate of drug-likeness (QED) is 0.776. The standard InChI is InChI=1S/C21H26N4O/c1-4-25-14(2)12-18(15(25)3)21(26)24-10-7-16(8-11-24)19-13-23-20-17(19)6-5-9-22-20/h5-6,9,12-13,16H,4,7-8,10-11H2,1-3H3,(H,22,23). The zero-order chi connectivity index (χ0) is 18.3. The molecular weight excluding hydrogens is 324 g/mol. The first-order valence-corrected chi connectivity index (χ1v) is 9.48. The van der Waals surface area contributed by atoms with E-state index in [1.165, 1.54) is 10.9 Å². The minimum absolute atomic E-state index is 0.178. The molecule has 5 heteroatoms. The molecule has 4 heterocycles. The number of fused-ring (bicyclic) bond motifs is 1. The van der Waals surface area contributed by atoms with Gasteiger partial charge in [-0.3, -0.25) is 4.79 Å². The number of amides is 1. The molecule has 1 saturated heterocycles. The third kappa shape index (κ3) is 2.71. The number of hydrogen-bond acceptors (Lipinski definition) is 2. The van der Waals surface area contributed by atoms with Crippen LogP contribution in [-0.4, -0.2) is 38.4 Å². The van der Waals surface area contributed by atoms with E-state index in [2.05, 4.69) is 47.6 Å². The molecule has 0 bridgehead atoms. The van der Waals surface area contributed by atoms with Gasteiger partial charge >= 0.3 is 0 Å². The van der Waals surface area contributed by atoms with E-state index in [-0.39, 0.29) is 5.91 Å². The van der Waals surface area contributed by atoms with Gasteiger partial charge in [0.15, 0.2) is 0 Å². The van der Waals surface area contributed by atoms with Crippen LogP contribution in [0.2, 0.25) is 0 Å². The molecule has 26 heavy (non-hydrogen) atoms. The van der Waals surface area contributed by atoms with Gasteiger partial charge in [0.25, 0.3) is 5.91 Å². The van der Waals surface area contributed by atoms with Crippen molar-refractivity contribution >= 4 is 16.9 Å². The van der Waals surface area contributed by atoms with Gasteiger partial charge in [0.2, 0.25) is 0 Å². The van der Waals surface area contributed by atoms with Gasteiger partial charge in [-0.15, -0.1) is 0 Å². The topological polar surface area (TPSA) is 53.9 Å². The molecule has 1 fully saturated rings. The average molecular weight is 350 g/mol. The Morgan fingerprint density at radius 1 is 1.31 bits per heavy atom. The Balaban J connectivity index is 1.49. The fourth-order valence-electron chi connectivity index (χ4n) is 4.38. The number of H-pyrrole nitrogens is 1. The van der Waals surface area contributed by atoms with Crippen LogP contribution in [0.15, 0.2) is 30.6 Å². The summed E-state index contributed by atoms with van der Waals surface area (Å²) in [6.07, 6.45) is 5.91. The fraction of sp³-hybridized carbons (Fsp3) is 0.429. The van der Waals surface area contributed by atoms with Crippen LogP contribution in [0.5, 0.6) is 0 Å². The van der Waals surface area contributed by atoms with E-state index in [0.29, 0.717) is 5.92 Å². The number of carbonyl (C=O) groups excluding carboxylic acids is 1. The summed E-state index contributed by atoms with van der Waals surface area (Å²) in [5, 5.41) is 1.21. The first-order valence-electron chi connectivity index (χ1n) is 9.48. The van der Waals surface area contributed by atoms with Crippen molar-refractivity contribution in [2.75, 3.05) is 13.1 Å². The molecule has 5 nitrogen and oxygen atoms in total. The highest BCUT2D eigenvalue weighted by atomic mass is 16.2. The maximum atomic E-state index is 13.0. The molecule has 0 radical (unpaired) electrons. The summed E-state index contributed by atoms with van der Waals surface area (Å²) in [7, 11) is 0. The van der Waals surface area contributed by atoms with E-state index < -0.39 is 0 Å². The number of hydrogen-bond donors (Lipinski definition) is 1. The van der Waals surface area contributed by atoms with E-state index >= 15 is 0 Å². The van der Waals surface area contributed by atoms with Crippen molar-refractivity contribution < 1.29 is 4.79 Å². The third-order valence-electron chi connectivity index (χ3n) is 5.83. The number of likely N-dealkylation sites (tertiary alicyclic amines) is 1. The maximum Gasteiger partial charge on any atom is 0.255 e. The minimum Gasteiger partial charge on any atom is -0.349 e. The second-order valence-corrected chi connectivity index (χ2v) is 7.24. The number of aryl methyl sites for hydroxylation is 1. The van der Waals surface area contributed by atoms with Crippen LogP contribution in [0, 0.1) is 13.8 Å². The molecule has 0 aliphatic carbocycles. The number of piperidine rings is 1. The Kier molecular flexibility index (Phi) is 4.31. The summed E-state index contributed by atoms with van der Waals surface area (Å²) in [5.41, 5.74) is 5.39. The lowest BCUT2D eigenvalue weighted by atomic mass is 9.89. The molecule has 3 aromatic rings. The Bertz CT molecular complexity index is 944. The smallest absolute Gasteiger partial charge is 0.255 e. The van der Waals surface area contributed by atoms with E-state index in [0.717, 1.165) is 55.1 Å². The predicted molar refractivity (Wildman–Crippen MR) is 104 cm³/mol. The lowest BCUT2D eigenvalue weighted by Gasteiger charge is -2.32. The molecule has 1 aliphatic rings. The molecule has 0 atom stereocenters. The molecule has 1 N–H and O–H groups in total. The van der Waals surface area contributed by atoms with Crippen LogP contribution in [-0.2, 0) is 6.54 Å². The molecule has 0 aromatic carbocycles. The van der Waals surface area contributed by atoms with Gasteiger partial charge in [0.05, 0.1) is 5.56 Å². The largest absolute Gasteiger partial charge is 0.349 e. The molecule has 4 rings (SSSR count). The molecule has 136 valence electrons. The van der Waals surface area contributed by atoms with E-state index in [4.69, 9.17) is 0 Å². The van der Waals surface area contributed by atoms with Gasteiger partial charge in [0.1, 0.15) is 5.65 Å². The summed E-state index contributed by atoms with van der Waals surface area (Å²) in [6.45, 7) is 8.77. The number of aromatic amines is 1. The van der Waals surface area contributed by atoms with Crippen molar-refractivity contribution in [3.05, 3.63) is 53.1 Å². The summed E-state index contributed by atoms with van der Waals surface area (Å²) < 4.78 is 2.21. The maximum absolute atomic E-state index is 13.0. The molecule has 3 aromatic heterocycles. The third-order valence-corrected chi connectivity index (χ3v) is 5.83. The Hall–Kier alpha value is -2.56. The first-order chi connectivity index (χ1) is 12.6. The van der Waals surface area contributed by atoms with Crippen molar-refractivity contribution in [2.45, 2.75) is 46.1 Å². The van der Waals surface area contributed by atoms with Crippen LogP contribution >= 0.6 is 0 Å². The van der Waals surface area contributed by atoms with Crippen molar-refractivity contribution in [1.82, 2.24) is 19.4 Å². The molecule has 0 unspecified atom stereocenters. The van der Waals surface area contributed by atoms with Crippen molar-refractivity contribution in [2.24, 2.45) is 0 Å². The highest BCUT2D eigenvalue weighted by Crippen LogP contribution is 2.33. The number of aromatic nitrogens is 3. The number of pyridine rings is 1. The predicted octanol–water partition coefficient (Wildman–Crippen LogP) is 4.02. The Labute approximate surface area is 154 Å². The van der Waals surface area contributed by atoms with E-state index in [1.807, 2.05) is 23.2 Å². The summed E-state index contributed by atoms with van der Waals surface area (Å²) in [5.74, 6) is 0.664. The van der Waals surface area contributed by atoms with E-state index in [9.17, 15) is 4.79 Å². The molecule has 1 amide bonds. The second-order valence-electron chi connectivity index (χ2n) is 7.24. The lowest BCUT2D eigenvalue weighted by molar-refractivity contribution is 0.0712. The summed E-state index contributed by atoms with van der Waals surface area (Å²) in [4.78, 5) is 22.7.